The number of methoxy groups -OCH3 is 1. The van der Waals surface area contributed by atoms with Crippen molar-refractivity contribution in [1.29, 1.82) is 0 Å². The smallest absolute Gasteiger partial charge is 0.0724 e. The molecular formula is C12H21NO. The van der Waals surface area contributed by atoms with E-state index in [0.29, 0.717) is 12.1 Å². The molecule has 2 heteroatoms. The second-order valence-electron chi connectivity index (χ2n) is 5.40. The maximum absolute atomic E-state index is 5.51. The molecule has 4 atom stereocenters. The van der Waals surface area contributed by atoms with Crippen molar-refractivity contribution in [3.8, 4) is 0 Å². The van der Waals surface area contributed by atoms with Gasteiger partial charge in [-0.25, -0.2) is 0 Å². The van der Waals surface area contributed by atoms with Gasteiger partial charge in [-0.2, -0.15) is 0 Å². The molecule has 3 saturated carbocycles. The molecule has 0 bridgehead atoms. The van der Waals surface area contributed by atoms with Crippen molar-refractivity contribution in [3.63, 3.8) is 0 Å². The molecule has 2 nitrogen and oxygen atoms in total. The van der Waals surface area contributed by atoms with Crippen LogP contribution in [0.25, 0.3) is 0 Å². The van der Waals surface area contributed by atoms with Gasteiger partial charge in [-0.1, -0.05) is 0 Å². The number of hydrogen-bond donors (Lipinski definition) is 1. The van der Waals surface area contributed by atoms with Crippen LogP contribution in [0.3, 0.4) is 0 Å². The topological polar surface area (TPSA) is 21.3 Å². The molecule has 0 aromatic rings. The Kier molecular flexibility index (Phi) is 2.29. The Hall–Kier alpha value is -0.0800. The molecule has 0 radical (unpaired) electrons. The maximum Gasteiger partial charge on any atom is 0.0724 e. The Morgan fingerprint density at radius 3 is 2.57 bits per heavy atom. The summed E-state index contributed by atoms with van der Waals surface area (Å²) in [5.41, 5.74) is 0. The lowest BCUT2D eigenvalue weighted by atomic mass is 10.1. The molecule has 80 valence electrons. The summed E-state index contributed by atoms with van der Waals surface area (Å²) in [4.78, 5) is 0. The van der Waals surface area contributed by atoms with Gasteiger partial charge in [0, 0.05) is 19.2 Å². The Balaban J connectivity index is 1.51. The van der Waals surface area contributed by atoms with E-state index < -0.39 is 0 Å². The number of nitrogens with one attached hydrogen (secondary N) is 1. The van der Waals surface area contributed by atoms with Crippen LogP contribution in [0.15, 0.2) is 0 Å². The minimum Gasteiger partial charge on any atom is -0.380 e. The van der Waals surface area contributed by atoms with Gasteiger partial charge in [0.25, 0.3) is 0 Å². The zero-order valence-electron chi connectivity index (χ0n) is 9.04. The number of ether oxygens (including phenoxy) is 1. The Labute approximate surface area is 86.4 Å². The van der Waals surface area contributed by atoms with Crippen molar-refractivity contribution in [2.75, 3.05) is 7.11 Å². The van der Waals surface area contributed by atoms with E-state index in [0.717, 1.165) is 17.9 Å². The van der Waals surface area contributed by atoms with E-state index in [2.05, 4.69) is 5.32 Å². The fourth-order valence-corrected chi connectivity index (χ4v) is 3.55. The van der Waals surface area contributed by atoms with Crippen LogP contribution in [-0.2, 0) is 4.74 Å². The molecule has 3 aliphatic carbocycles. The Bertz CT molecular complexity index is 208. The molecule has 4 unspecified atom stereocenters. The van der Waals surface area contributed by atoms with Gasteiger partial charge < -0.3 is 10.1 Å². The Morgan fingerprint density at radius 2 is 1.86 bits per heavy atom. The van der Waals surface area contributed by atoms with Gasteiger partial charge in [0.15, 0.2) is 0 Å². The number of hydrogen-bond acceptors (Lipinski definition) is 2. The van der Waals surface area contributed by atoms with Crippen molar-refractivity contribution in [2.45, 2.75) is 56.7 Å². The van der Waals surface area contributed by atoms with Crippen LogP contribution in [-0.4, -0.2) is 25.3 Å². The zero-order valence-corrected chi connectivity index (χ0v) is 9.04. The van der Waals surface area contributed by atoms with Crippen LogP contribution in [0.4, 0.5) is 0 Å². The molecule has 3 fully saturated rings. The minimum absolute atomic E-state index is 0.493. The maximum atomic E-state index is 5.51. The van der Waals surface area contributed by atoms with Crippen molar-refractivity contribution in [2.24, 2.45) is 11.8 Å². The summed E-state index contributed by atoms with van der Waals surface area (Å²) in [6.45, 7) is 0. The molecule has 1 N–H and O–H groups in total. The second kappa shape index (κ2) is 3.49. The van der Waals surface area contributed by atoms with Crippen LogP contribution < -0.4 is 5.32 Å². The first kappa shape index (κ1) is 9.17. The van der Waals surface area contributed by atoms with Gasteiger partial charge in [0.05, 0.1) is 6.10 Å². The second-order valence-corrected chi connectivity index (χ2v) is 5.40. The normalized spacial score (nSPS) is 50.8. The van der Waals surface area contributed by atoms with E-state index in [-0.39, 0.29) is 0 Å². The van der Waals surface area contributed by atoms with Crippen LogP contribution >= 0.6 is 0 Å². The van der Waals surface area contributed by atoms with Crippen LogP contribution in [0.5, 0.6) is 0 Å². The zero-order chi connectivity index (χ0) is 9.54. The fourth-order valence-electron chi connectivity index (χ4n) is 3.55. The van der Waals surface area contributed by atoms with Gasteiger partial charge in [-0.15, -0.1) is 0 Å². The average Bonchev–Trinajstić information content (AvgIpc) is 2.66. The highest BCUT2D eigenvalue weighted by molar-refractivity contribution is 5.00. The summed E-state index contributed by atoms with van der Waals surface area (Å²) in [7, 11) is 1.86. The van der Waals surface area contributed by atoms with E-state index in [4.69, 9.17) is 4.74 Å². The van der Waals surface area contributed by atoms with E-state index in [1.165, 1.54) is 38.5 Å². The van der Waals surface area contributed by atoms with Crippen molar-refractivity contribution < 1.29 is 4.74 Å². The molecule has 14 heavy (non-hydrogen) atoms. The highest BCUT2D eigenvalue weighted by Crippen LogP contribution is 2.51. The minimum atomic E-state index is 0.493. The number of fused-ring (bicyclic) bond motifs is 1. The monoisotopic (exact) mass is 195 g/mol. The van der Waals surface area contributed by atoms with E-state index >= 15 is 0 Å². The summed E-state index contributed by atoms with van der Waals surface area (Å²) >= 11 is 0. The third-order valence-electron chi connectivity index (χ3n) is 4.45. The molecule has 3 aliphatic rings. The van der Waals surface area contributed by atoms with Crippen molar-refractivity contribution >= 4 is 0 Å². The Morgan fingerprint density at radius 1 is 1.07 bits per heavy atom. The van der Waals surface area contributed by atoms with Crippen molar-refractivity contribution in [1.82, 2.24) is 5.32 Å². The van der Waals surface area contributed by atoms with Gasteiger partial charge in [0.1, 0.15) is 0 Å². The van der Waals surface area contributed by atoms with Gasteiger partial charge in [0.2, 0.25) is 0 Å². The highest BCUT2D eigenvalue weighted by atomic mass is 16.5. The van der Waals surface area contributed by atoms with E-state index in [1.807, 2.05) is 7.11 Å². The summed E-state index contributed by atoms with van der Waals surface area (Å²) in [6, 6.07) is 1.47. The quantitative estimate of drug-likeness (QED) is 0.743. The number of rotatable bonds is 3. The van der Waals surface area contributed by atoms with Crippen LogP contribution in [0.1, 0.15) is 38.5 Å². The standard InChI is InChI=1S/C12H21NO/c1-14-12-4-2-3-11(12)13-10-6-8-5-9(8)7-10/h8-13H,2-7H2,1H3. The molecule has 0 spiro atoms. The molecule has 0 saturated heterocycles. The van der Waals surface area contributed by atoms with Gasteiger partial charge in [-0.05, 0) is 50.4 Å². The van der Waals surface area contributed by atoms with Gasteiger partial charge in [-0.3, -0.25) is 0 Å². The molecule has 0 aromatic heterocycles. The largest absolute Gasteiger partial charge is 0.380 e. The van der Waals surface area contributed by atoms with E-state index in [1.54, 1.807) is 0 Å². The van der Waals surface area contributed by atoms with Crippen LogP contribution in [0, 0.1) is 11.8 Å². The lowest BCUT2D eigenvalue weighted by Crippen LogP contribution is -2.42. The van der Waals surface area contributed by atoms with E-state index in [9.17, 15) is 0 Å². The molecular weight excluding hydrogens is 174 g/mol. The summed E-state index contributed by atoms with van der Waals surface area (Å²) in [6.07, 6.45) is 8.83. The third-order valence-corrected chi connectivity index (χ3v) is 4.45. The summed E-state index contributed by atoms with van der Waals surface area (Å²) in [5.74, 6) is 2.18. The SMILES string of the molecule is COC1CCCC1NC1CC2CC2C1. The molecule has 0 heterocycles. The predicted molar refractivity (Wildman–Crippen MR) is 56.2 cm³/mol. The molecule has 0 aromatic carbocycles. The first-order valence-electron chi connectivity index (χ1n) is 6.15. The first-order valence-corrected chi connectivity index (χ1v) is 6.15. The first-order chi connectivity index (χ1) is 6.86. The predicted octanol–water partition coefficient (Wildman–Crippen LogP) is 1.94. The lowest BCUT2D eigenvalue weighted by molar-refractivity contribution is 0.0809. The third kappa shape index (κ3) is 1.59. The highest BCUT2D eigenvalue weighted by Gasteiger charge is 2.46. The fraction of sp³-hybridized carbons (Fsp3) is 1.00. The average molecular weight is 195 g/mol. The molecule has 0 amide bonds. The van der Waals surface area contributed by atoms with Gasteiger partial charge >= 0.3 is 0 Å². The van der Waals surface area contributed by atoms with Crippen LogP contribution in [0.2, 0.25) is 0 Å². The summed E-state index contributed by atoms with van der Waals surface area (Å²) in [5, 5.41) is 3.81. The molecule has 3 rings (SSSR count). The summed E-state index contributed by atoms with van der Waals surface area (Å²) < 4.78 is 5.51. The molecule has 0 aliphatic heterocycles. The van der Waals surface area contributed by atoms with Crippen molar-refractivity contribution in [3.05, 3.63) is 0 Å². The lowest BCUT2D eigenvalue weighted by Gasteiger charge is -2.24.